The molecule has 3 aromatic rings. The Hall–Kier alpha value is -2.48. The molecule has 0 atom stereocenters. The minimum atomic E-state index is -0.829. The van der Waals surface area contributed by atoms with Crippen molar-refractivity contribution in [3.8, 4) is 0 Å². The summed E-state index contributed by atoms with van der Waals surface area (Å²) in [6, 6.07) is 9.46. The molecule has 0 fully saturated rings. The van der Waals surface area contributed by atoms with Crippen LogP contribution in [0.2, 0.25) is 0 Å². The third-order valence-electron chi connectivity index (χ3n) is 2.86. The Labute approximate surface area is 122 Å². The third kappa shape index (κ3) is 2.70. The number of nitrogens with zero attached hydrogens (tertiary/aromatic N) is 4. The summed E-state index contributed by atoms with van der Waals surface area (Å²) in [5, 5.41) is 19.3. The fourth-order valence-corrected chi connectivity index (χ4v) is 2.72. The van der Waals surface area contributed by atoms with Gasteiger partial charge in [0.15, 0.2) is 10.8 Å². The van der Waals surface area contributed by atoms with E-state index in [1.807, 2.05) is 28.8 Å². The number of thioether (sulfide) groups is 1. The first-order valence-corrected chi connectivity index (χ1v) is 6.99. The third-order valence-corrected chi connectivity index (χ3v) is 3.87. The maximum atomic E-state index is 13.5. The fourth-order valence-electron chi connectivity index (χ4n) is 1.85. The molecule has 6 nitrogen and oxygen atoms in total. The van der Waals surface area contributed by atoms with Crippen LogP contribution in [0.3, 0.4) is 0 Å². The first kappa shape index (κ1) is 13.5. The maximum absolute atomic E-state index is 13.5. The Kier molecular flexibility index (Phi) is 3.53. The minimum absolute atomic E-state index is 0.449. The summed E-state index contributed by atoms with van der Waals surface area (Å²) in [6.07, 6.45) is 1.84. The van der Waals surface area contributed by atoms with Gasteiger partial charge >= 0.3 is 5.69 Å². The highest BCUT2D eigenvalue weighted by Gasteiger charge is 2.14. The second kappa shape index (κ2) is 5.49. The van der Waals surface area contributed by atoms with E-state index in [1.54, 1.807) is 0 Å². The molecule has 0 aliphatic heterocycles. The van der Waals surface area contributed by atoms with E-state index < -0.39 is 16.4 Å². The Morgan fingerprint density at radius 2 is 2.14 bits per heavy atom. The molecule has 0 saturated carbocycles. The monoisotopic (exact) mass is 304 g/mol. The fraction of sp³-hybridized carbons (Fsp3) is 0.0769. The van der Waals surface area contributed by atoms with Crippen LogP contribution in [0.25, 0.3) is 5.65 Å². The van der Waals surface area contributed by atoms with E-state index >= 15 is 0 Å². The van der Waals surface area contributed by atoms with E-state index in [2.05, 4.69) is 10.2 Å². The summed E-state index contributed by atoms with van der Waals surface area (Å²) in [4.78, 5) is 9.83. The first-order chi connectivity index (χ1) is 10.1. The lowest BCUT2D eigenvalue weighted by atomic mass is 10.2. The van der Waals surface area contributed by atoms with E-state index in [4.69, 9.17) is 0 Å². The largest absolute Gasteiger partial charge is 0.304 e. The second-order valence-electron chi connectivity index (χ2n) is 4.24. The van der Waals surface area contributed by atoms with Crippen molar-refractivity contribution in [1.29, 1.82) is 0 Å². The van der Waals surface area contributed by atoms with Gasteiger partial charge in [0.05, 0.1) is 4.92 Å². The van der Waals surface area contributed by atoms with Crippen molar-refractivity contribution in [2.24, 2.45) is 0 Å². The average Bonchev–Trinajstić information content (AvgIpc) is 2.88. The normalized spacial score (nSPS) is 10.9. The van der Waals surface area contributed by atoms with Crippen molar-refractivity contribution in [3.63, 3.8) is 0 Å². The van der Waals surface area contributed by atoms with Crippen LogP contribution in [0.1, 0.15) is 5.56 Å². The van der Waals surface area contributed by atoms with Gasteiger partial charge in [0, 0.05) is 18.0 Å². The number of hydrogen-bond donors (Lipinski definition) is 0. The molecule has 0 unspecified atom stereocenters. The molecule has 0 radical (unpaired) electrons. The molecule has 0 aliphatic rings. The molecule has 0 amide bonds. The molecular weight excluding hydrogens is 295 g/mol. The maximum Gasteiger partial charge on any atom is 0.304 e. The van der Waals surface area contributed by atoms with Crippen LogP contribution in [-0.4, -0.2) is 19.5 Å². The summed E-state index contributed by atoms with van der Waals surface area (Å²) in [5.41, 5.74) is 0.863. The van der Waals surface area contributed by atoms with Gasteiger partial charge in [-0.05, 0) is 23.8 Å². The van der Waals surface area contributed by atoms with E-state index in [9.17, 15) is 14.5 Å². The number of aromatic nitrogens is 3. The summed E-state index contributed by atoms with van der Waals surface area (Å²) < 4.78 is 15.4. The van der Waals surface area contributed by atoms with Crippen LogP contribution in [0, 0.1) is 15.9 Å². The molecular formula is C13H9FN4O2S. The molecule has 106 valence electrons. The van der Waals surface area contributed by atoms with Gasteiger partial charge in [-0.2, -0.15) is 4.39 Å². The van der Waals surface area contributed by atoms with Crippen LogP contribution in [0.15, 0.2) is 47.8 Å². The molecule has 8 heteroatoms. The first-order valence-electron chi connectivity index (χ1n) is 6.00. The van der Waals surface area contributed by atoms with Crippen molar-refractivity contribution >= 4 is 23.1 Å². The van der Waals surface area contributed by atoms with Gasteiger partial charge < -0.3 is 0 Å². The zero-order valence-electron chi connectivity index (χ0n) is 10.6. The predicted molar refractivity (Wildman–Crippen MR) is 75.6 cm³/mol. The topological polar surface area (TPSA) is 73.3 Å². The molecule has 1 aromatic carbocycles. The van der Waals surface area contributed by atoms with Crippen molar-refractivity contribution in [2.75, 3.05) is 0 Å². The molecule has 2 heterocycles. The van der Waals surface area contributed by atoms with Gasteiger partial charge in [0.1, 0.15) is 0 Å². The van der Waals surface area contributed by atoms with Crippen molar-refractivity contribution in [1.82, 2.24) is 14.6 Å². The van der Waals surface area contributed by atoms with Gasteiger partial charge in [0.25, 0.3) is 0 Å². The molecule has 0 aliphatic carbocycles. The van der Waals surface area contributed by atoms with Gasteiger partial charge in [-0.25, -0.2) is 0 Å². The van der Waals surface area contributed by atoms with Crippen molar-refractivity contribution in [2.45, 2.75) is 10.9 Å². The smallest absolute Gasteiger partial charge is 0.277 e. The van der Waals surface area contributed by atoms with Crippen LogP contribution in [0.5, 0.6) is 0 Å². The summed E-state index contributed by atoms with van der Waals surface area (Å²) in [5.74, 6) is -0.380. The van der Waals surface area contributed by atoms with E-state index in [0.29, 0.717) is 16.5 Å². The molecule has 3 rings (SSSR count). The lowest BCUT2D eigenvalue weighted by Gasteiger charge is -2.01. The van der Waals surface area contributed by atoms with Gasteiger partial charge in [-0.3, -0.25) is 14.5 Å². The zero-order chi connectivity index (χ0) is 14.8. The number of nitro benzene ring substituents is 1. The number of fused-ring (bicyclic) bond motifs is 1. The molecule has 0 bridgehead atoms. The van der Waals surface area contributed by atoms with E-state index in [-0.39, 0.29) is 0 Å². The quantitative estimate of drug-likeness (QED) is 0.421. The highest BCUT2D eigenvalue weighted by Crippen LogP contribution is 2.24. The average molecular weight is 304 g/mol. The molecule has 2 aromatic heterocycles. The summed E-state index contributed by atoms with van der Waals surface area (Å²) >= 11 is 1.39. The Morgan fingerprint density at radius 3 is 2.90 bits per heavy atom. The Balaban J connectivity index is 1.79. The number of pyridine rings is 1. The molecule has 0 saturated heterocycles. The Morgan fingerprint density at radius 1 is 1.29 bits per heavy atom. The minimum Gasteiger partial charge on any atom is -0.277 e. The highest BCUT2D eigenvalue weighted by atomic mass is 32.2. The number of rotatable bonds is 4. The second-order valence-corrected chi connectivity index (χ2v) is 5.19. The van der Waals surface area contributed by atoms with Crippen LogP contribution in [-0.2, 0) is 5.75 Å². The number of nitro groups is 1. The van der Waals surface area contributed by atoms with Crippen molar-refractivity contribution in [3.05, 3.63) is 64.1 Å². The zero-order valence-corrected chi connectivity index (χ0v) is 11.5. The predicted octanol–water partition coefficient (Wildman–Crippen LogP) is 3.07. The number of benzene rings is 1. The number of halogens is 1. The summed E-state index contributed by atoms with van der Waals surface area (Å²) in [6.45, 7) is 0. The lowest BCUT2D eigenvalue weighted by molar-refractivity contribution is -0.387. The van der Waals surface area contributed by atoms with Gasteiger partial charge in [-0.1, -0.05) is 23.9 Å². The standard InChI is InChI=1S/C13H9FN4O2S/c14-10-7-9(4-5-11(10)18(19)20)8-21-13-16-15-12-3-1-2-6-17(12)13/h1-7H,8H2. The van der Waals surface area contributed by atoms with E-state index in [1.165, 1.54) is 30.0 Å². The van der Waals surface area contributed by atoms with Gasteiger partial charge in [-0.15, -0.1) is 10.2 Å². The van der Waals surface area contributed by atoms with Crippen LogP contribution in [0.4, 0.5) is 10.1 Å². The van der Waals surface area contributed by atoms with Crippen molar-refractivity contribution < 1.29 is 9.31 Å². The number of hydrogen-bond acceptors (Lipinski definition) is 5. The van der Waals surface area contributed by atoms with Crippen LogP contribution < -0.4 is 0 Å². The van der Waals surface area contributed by atoms with Crippen LogP contribution >= 0.6 is 11.8 Å². The molecule has 0 spiro atoms. The molecule has 21 heavy (non-hydrogen) atoms. The molecule has 0 N–H and O–H groups in total. The highest BCUT2D eigenvalue weighted by molar-refractivity contribution is 7.98. The SMILES string of the molecule is O=[N+]([O-])c1ccc(CSc2nnc3ccccn23)cc1F. The van der Waals surface area contributed by atoms with Gasteiger partial charge in [0.2, 0.25) is 5.82 Å². The Bertz CT molecular complexity index is 821. The lowest BCUT2D eigenvalue weighted by Crippen LogP contribution is -1.94. The van der Waals surface area contributed by atoms with E-state index in [0.717, 1.165) is 5.65 Å². The summed E-state index contributed by atoms with van der Waals surface area (Å²) in [7, 11) is 0.